The molecule has 0 radical (unpaired) electrons. The molecule has 2 rings (SSSR count). The van der Waals surface area contributed by atoms with Gasteiger partial charge >= 0.3 is 5.97 Å². The number of rotatable bonds is 5. The topological polar surface area (TPSA) is 52.6 Å². The van der Waals surface area contributed by atoms with Crippen LogP contribution in [0.2, 0.25) is 0 Å². The van der Waals surface area contributed by atoms with E-state index in [-0.39, 0.29) is 0 Å². The van der Waals surface area contributed by atoms with Crippen molar-refractivity contribution in [3.8, 4) is 0 Å². The van der Waals surface area contributed by atoms with E-state index in [0.717, 1.165) is 26.1 Å². The van der Waals surface area contributed by atoms with Crippen molar-refractivity contribution < 1.29 is 9.90 Å². The molecule has 1 saturated carbocycles. The quantitative estimate of drug-likeness (QED) is 0.784. The number of carboxylic acids is 1. The van der Waals surface area contributed by atoms with Crippen LogP contribution in [0.4, 0.5) is 0 Å². The fraction of sp³-hybridized carbons (Fsp3) is 0.929. The van der Waals surface area contributed by atoms with E-state index >= 15 is 0 Å². The zero-order valence-electron chi connectivity index (χ0n) is 11.4. The lowest BCUT2D eigenvalue weighted by Gasteiger charge is -2.38. The smallest absolute Gasteiger partial charge is 0.303 e. The molecule has 4 nitrogen and oxygen atoms in total. The molecule has 1 heterocycles. The van der Waals surface area contributed by atoms with Crippen molar-refractivity contribution >= 4 is 5.97 Å². The molecular weight excluding hydrogens is 228 g/mol. The van der Waals surface area contributed by atoms with E-state index < -0.39 is 5.97 Å². The molecule has 2 fully saturated rings. The molecule has 0 bridgehead atoms. The molecule has 18 heavy (non-hydrogen) atoms. The summed E-state index contributed by atoms with van der Waals surface area (Å²) in [6.07, 6.45) is 6.64. The van der Waals surface area contributed by atoms with Crippen molar-refractivity contribution in [1.29, 1.82) is 0 Å². The van der Waals surface area contributed by atoms with Gasteiger partial charge in [0, 0.05) is 31.6 Å². The average Bonchev–Trinajstić information content (AvgIpc) is 2.80. The van der Waals surface area contributed by atoms with E-state index in [4.69, 9.17) is 5.11 Å². The van der Waals surface area contributed by atoms with Crippen molar-refractivity contribution in [2.24, 2.45) is 5.92 Å². The van der Waals surface area contributed by atoms with Crippen molar-refractivity contribution in [1.82, 2.24) is 10.2 Å². The predicted molar refractivity (Wildman–Crippen MR) is 71.7 cm³/mol. The number of aliphatic carboxylic acids is 1. The highest BCUT2D eigenvalue weighted by Crippen LogP contribution is 2.23. The van der Waals surface area contributed by atoms with Gasteiger partial charge in [-0.3, -0.25) is 4.79 Å². The molecule has 0 spiro atoms. The first-order valence-corrected chi connectivity index (χ1v) is 7.37. The highest BCUT2D eigenvalue weighted by molar-refractivity contribution is 5.67. The zero-order chi connectivity index (χ0) is 13.0. The second-order valence-electron chi connectivity index (χ2n) is 5.90. The number of likely N-dealkylation sites (tertiary alicyclic amines) is 1. The van der Waals surface area contributed by atoms with Gasteiger partial charge in [-0.1, -0.05) is 19.8 Å². The first-order valence-electron chi connectivity index (χ1n) is 7.37. The first-order chi connectivity index (χ1) is 8.67. The van der Waals surface area contributed by atoms with Crippen LogP contribution in [-0.4, -0.2) is 47.7 Å². The van der Waals surface area contributed by atoms with Crippen molar-refractivity contribution in [3.63, 3.8) is 0 Å². The Morgan fingerprint density at radius 2 is 2.00 bits per heavy atom. The second-order valence-corrected chi connectivity index (χ2v) is 5.90. The van der Waals surface area contributed by atoms with E-state index in [0.29, 0.717) is 24.4 Å². The van der Waals surface area contributed by atoms with Crippen LogP contribution in [0.1, 0.15) is 45.4 Å². The zero-order valence-corrected chi connectivity index (χ0v) is 11.4. The molecule has 2 aliphatic rings. The van der Waals surface area contributed by atoms with Gasteiger partial charge in [0.25, 0.3) is 0 Å². The minimum absolute atomic E-state index is 0.315. The molecule has 2 atom stereocenters. The molecule has 2 unspecified atom stereocenters. The van der Waals surface area contributed by atoms with Gasteiger partial charge in [-0.2, -0.15) is 0 Å². The number of hydrogen-bond donors (Lipinski definition) is 2. The lowest BCUT2D eigenvalue weighted by Crippen LogP contribution is -2.51. The normalized spacial score (nSPS) is 30.7. The van der Waals surface area contributed by atoms with Gasteiger partial charge in [-0.05, 0) is 31.7 Å². The van der Waals surface area contributed by atoms with Gasteiger partial charge in [0.05, 0.1) is 0 Å². The number of carboxylic acid groups (broad SMARTS) is 1. The van der Waals surface area contributed by atoms with Crippen LogP contribution in [0.15, 0.2) is 0 Å². The summed E-state index contributed by atoms with van der Waals surface area (Å²) in [4.78, 5) is 13.3. The Kier molecular flexibility index (Phi) is 5.01. The van der Waals surface area contributed by atoms with Crippen molar-refractivity contribution in [3.05, 3.63) is 0 Å². The van der Waals surface area contributed by atoms with Crippen molar-refractivity contribution in [2.45, 2.75) is 57.5 Å². The molecule has 1 aliphatic heterocycles. The minimum Gasteiger partial charge on any atom is -0.481 e. The SMILES string of the molecule is CCN1CC(CC(=O)O)CC(NC2CCCC2)C1. The molecular formula is C14H26N2O2. The van der Waals surface area contributed by atoms with E-state index in [2.05, 4.69) is 17.1 Å². The van der Waals surface area contributed by atoms with Gasteiger partial charge in [0.1, 0.15) is 0 Å². The monoisotopic (exact) mass is 254 g/mol. The molecule has 1 saturated heterocycles. The first kappa shape index (κ1) is 13.8. The highest BCUT2D eigenvalue weighted by Gasteiger charge is 2.29. The Morgan fingerprint density at radius 3 is 2.61 bits per heavy atom. The summed E-state index contributed by atoms with van der Waals surface area (Å²) in [6, 6.07) is 1.17. The standard InChI is InChI=1S/C14H26N2O2/c1-2-16-9-11(8-14(17)18)7-13(10-16)15-12-5-3-4-6-12/h11-13,15H,2-10H2,1H3,(H,17,18). The molecule has 0 aromatic heterocycles. The number of nitrogens with zero attached hydrogens (tertiary/aromatic N) is 1. The van der Waals surface area contributed by atoms with Gasteiger partial charge in [-0.15, -0.1) is 0 Å². The van der Waals surface area contributed by atoms with E-state index in [1.807, 2.05) is 0 Å². The van der Waals surface area contributed by atoms with Gasteiger partial charge in [0.15, 0.2) is 0 Å². The summed E-state index contributed by atoms with van der Waals surface area (Å²) < 4.78 is 0. The summed E-state index contributed by atoms with van der Waals surface area (Å²) in [5.74, 6) is -0.340. The minimum atomic E-state index is -0.655. The van der Waals surface area contributed by atoms with E-state index in [1.165, 1.54) is 25.7 Å². The lowest BCUT2D eigenvalue weighted by atomic mass is 9.91. The molecule has 1 aliphatic carbocycles. The molecule has 2 N–H and O–H groups in total. The molecule has 0 aromatic rings. The third-order valence-electron chi connectivity index (χ3n) is 4.35. The summed E-state index contributed by atoms with van der Waals surface area (Å²) >= 11 is 0. The maximum absolute atomic E-state index is 10.9. The van der Waals surface area contributed by atoms with E-state index in [9.17, 15) is 4.79 Å². The Labute approximate surface area is 110 Å². The predicted octanol–water partition coefficient (Wildman–Crippen LogP) is 1.70. The fourth-order valence-corrected chi connectivity index (χ4v) is 3.50. The maximum Gasteiger partial charge on any atom is 0.303 e. The number of hydrogen-bond acceptors (Lipinski definition) is 3. The van der Waals surface area contributed by atoms with Crippen LogP contribution in [0, 0.1) is 5.92 Å². The van der Waals surface area contributed by atoms with Crippen LogP contribution in [0.5, 0.6) is 0 Å². The number of piperidine rings is 1. The number of carbonyl (C=O) groups is 1. The van der Waals surface area contributed by atoms with Crippen LogP contribution in [0.3, 0.4) is 0 Å². The Morgan fingerprint density at radius 1 is 1.28 bits per heavy atom. The van der Waals surface area contributed by atoms with Crippen LogP contribution >= 0.6 is 0 Å². The number of likely N-dealkylation sites (N-methyl/N-ethyl adjacent to an activating group) is 1. The van der Waals surface area contributed by atoms with Gasteiger partial charge < -0.3 is 15.3 Å². The van der Waals surface area contributed by atoms with Crippen molar-refractivity contribution in [2.75, 3.05) is 19.6 Å². The lowest BCUT2D eigenvalue weighted by molar-refractivity contribution is -0.138. The third kappa shape index (κ3) is 3.95. The van der Waals surface area contributed by atoms with Crippen LogP contribution in [0.25, 0.3) is 0 Å². The van der Waals surface area contributed by atoms with E-state index in [1.54, 1.807) is 0 Å². The number of nitrogens with one attached hydrogen (secondary N) is 1. The Hall–Kier alpha value is -0.610. The average molecular weight is 254 g/mol. The summed E-state index contributed by atoms with van der Waals surface area (Å²) in [5, 5.41) is 12.7. The summed E-state index contributed by atoms with van der Waals surface area (Å²) in [6.45, 7) is 5.23. The van der Waals surface area contributed by atoms with Crippen LogP contribution in [-0.2, 0) is 4.79 Å². The maximum atomic E-state index is 10.9. The summed E-state index contributed by atoms with van der Waals surface area (Å²) in [7, 11) is 0. The van der Waals surface area contributed by atoms with Gasteiger partial charge in [-0.25, -0.2) is 0 Å². The summed E-state index contributed by atoms with van der Waals surface area (Å²) in [5.41, 5.74) is 0. The highest BCUT2D eigenvalue weighted by atomic mass is 16.4. The molecule has 0 aromatic carbocycles. The third-order valence-corrected chi connectivity index (χ3v) is 4.35. The second kappa shape index (κ2) is 6.53. The van der Waals surface area contributed by atoms with Gasteiger partial charge in [0.2, 0.25) is 0 Å². The Bertz CT molecular complexity index is 277. The van der Waals surface area contributed by atoms with Crippen LogP contribution < -0.4 is 5.32 Å². The largest absolute Gasteiger partial charge is 0.481 e. The molecule has 0 amide bonds. The molecule has 4 heteroatoms. The molecule has 104 valence electrons. The fourth-order valence-electron chi connectivity index (χ4n) is 3.50. The Balaban J connectivity index is 1.86.